The van der Waals surface area contributed by atoms with Crippen LogP contribution in [0.3, 0.4) is 0 Å². The second-order valence-electron chi connectivity index (χ2n) is 5.05. The maximum Gasteiger partial charge on any atom is -0.0317 e. The Bertz CT molecular complexity index is 148. The standard InChI is InChI=1S/C12H22/c1-12(2,3)11-9-7-5-4-6-8-10-11/h5,7,11H,4,6,8-10H2,1-3H3/b7-5-. The molecule has 0 aromatic carbocycles. The van der Waals surface area contributed by atoms with E-state index in [0.29, 0.717) is 5.41 Å². The van der Waals surface area contributed by atoms with Gasteiger partial charge >= 0.3 is 0 Å². The molecule has 0 N–H and O–H groups in total. The highest BCUT2D eigenvalue weighted by Gasteiger charge is 2.23. The zero-order valence-electron chi connectivity index (χ0n) is 8.77. The van der Waals surface area contributed by atoms with Gasteiger partial charge < -0.3 is 0 Å². The third-order valence-corrected chi connectivity index (χ3v) is 2.99. The van der Waals surface area contributed by atoms with Gasteiger partial charge in [-0.1, -0.05) is 39.3 Å². The Morgan fingerprint density at radius 2 is 1.83 bits per heavy atom. The number of hydrogen-bond acceptors (Lipinski definition) is 0. The van der Waals surface area contributed by atoms with Crippen LogP contribution in [-0.2, 0) is 0 Å². The van der Waals surface area contributed by atoms with E-state index in [2.05, 4.69) is 32.9 Å². The monoisotopic (exact) mass is 166 g/mol. The molecule has 1 unspecified atom stereocenters. The molecule has 0 saturated heterocycles. The van der Waals surface area contributed by atoms with Crippen LogP contribution in [0.4, 0.5) is 0 Å². The van der Waals surface area contributed by atoms with E-state index in [0.717, 1.165) is 5.92 Å². The Kier molecular flexibility index (Phi) is 3.37. The molecule has 0 fully saturated rings. The maximum atomic E-state index is 2.38. The minimum Gasteiger partial charge on any atom is -0.0885 e. The van der Waals surface area contributed by atoms with Gasteiger partial charge in [0.25, 0.3) is 0 Å². The third-order valence-electron chi connectivity index (χ3n) is 2.99. The van der Waals surface area contributed by atoms with Gasteiger partial charge in [0.2, 0.25) is 0 Å². The molecule has 1 rings (SSSR count). The predicted octanol–water partition coefficient (Wildman–Crippen LogP) is 4.17. The molecule has 0 aromatic rings. The molecule has 0 spiro atoms. The minimum atomic E-state index is 0.502. The van der Waals surface area contributed by atoms with Crippen molar-refractivity contribution in [3.8, 4) is 0 Å². The molecule has 0 nitrogen and oxygen atoms in total. The Morgan fingerprint density at radius 3 is 2.50 bits per heavy atom. The molecule has 1 atom stereocenters. The van der Waals surface area contributed by atoms with E-state index in [1.165, 1.54) is 32.1 Å². The second-order valence-corrected chi connectivity index (χ2v) is 5.05. The fourth-order valence-electron chi connectivity index (χ4n) is 1.94. The fourth-order valence-corrected chi connectivity index (χ4v) is 1.94. The van der Waals surface area contributed by atoms with Crippen molar-refractivity contribution in [3.05, 3.63) is 12.2 Å². The van der Waals surface area contributed by atoms with Crippen LogP contribution in [0.15, 0.2) is 12.2 Å². The number of allylic oxidation sites excluding steroid dienone is 2. The van der Waals surface area contributed by atoms with Crippen LogP contribution in [0.5, 0.6) is 0 Å². The molecule has 0 radical (unpaired) electrons. The van der Waals surface area contributed by atoms with Crippen molar-refractivity contribution in [3.63, 3.8) is 0 Å². The lowest BCUT2D eigenvalue weighted by atomic mass is 9.75. The maximum absolute atomic E-state index is 2.38. The van der Waals surface area contributed by atoms with Crippen molar-refractivity contribution in [1.82, 2.24) is 0 Å². The predicted molar refractivity (Wildman–Crippen MR) is 55.2 cm³/mol. The molecule has 0 aromatic heterocycles. The first-order valence-electron chi connectivity index (χ1n) is 5.26. The van der Waals surface area contributed by atoms with Crippen LogP contribution in [0.25, 0.3) is 0 Å². The second kappa shape index (κ2) is 4.11. The highest BCUT2D eigenvalue weighted by molar-refractivity contribution is 4.89. The zero-order valence-corrected chi connectivity index (χ0v) is 8.77. The first-order valence-corrected chi connectivity index (χ1v) is 5.26. The molecule has 0 saturated carbocycles. The SMILES string of the molecule is CC(C)(C)C1C/C=C\CCCC1. The molecule has 0 bridgehead atoms. The summed E-state index contributed by atoms with van der Waals surface area (Å²) in [6, 6.07) is 0. The van der Waals surface area contributed by atoms with Crippen LogP contribution >= 0.6 is 0 Å². The van der Waals surface area contributed by atoms with Gasteiger partial charge in [-0.15, -0.1) is 0 Å². The van der Waals surface area contributed by atoms with Gasteiger partial charge in [0, 0.05) is 0 Å². The van der Waals surface area contributed by atoms with E-state index in [1.807, 2.05) is 0 Å². The summed E-state index contributed by atoms with van der Waals surface area (Å²) in [5.74, 6) is 0.897. The molecule has 0 amide bonds. The Morgan fingerprint density at radius 1 is 1.08 bits per heavy atom. The summed E-state index contributed by atoms with van der Waals surface area (Å²) >= 11 is 0. The molecule has 70 valence electrons. The summed E-state index contributed by atoms with van der Waals surface area (Å²) in [6.07, 6.45) is 11.6. The van der Waals surface area contributed by atoms with Crippen LogP contribution in [0, 0.1) is 11.3 Å². The van der Waals surface area contributed by atoms with E-state index in [9.17, 15) is 0 Å². The van der Waals surface area contributed by atoms with E-state index < -0.39 is 0 Å². The largest absolute Gasteiger partial charge is 0.0885 e. The Labute approximate surface area is 77.1 Å². The fraction of sp³-hybridized carbons (Fsp3) is 0.833. The van der Waals surface area contributed by atoms with Crippen molar-refractivity contribution in [2.24, 2.45) is 11.3 Å². The van der Waals surface area contributed by atoms with Crippen molar-refractivity contribution in [2.45, 2.75) is 52.9 Å². The van der Waals surface area contributed by atoms with E-state index in [4.69, 9.17) is 0 Å². The summed E-state index contributed by atoms with van der Waals surface area (Å²) in [5.41, 5.74) is 0.502. The lowest BCUT2D eigenvalue weighted by Gasteiger charge is -2.30. The quantitative estimate of drug-likeness (QED) is 0.474. The Balaban J connectivity index is 2.51. The first kappa shape index (κ1) is 9.83. The molecular formula is C12H22. The van der Waals surface area contributed by atoms with Crippen LogP contribution in [0.2, 0.25) is 0 Å². The average Bonchev–Trinajstić information content (AvgIpc) is 1.81. The van der Waals surface area contributed by atoms with Crippen molar-refractivity contribution >= 4 is 0 Å². The molecule has 1 aliphatic rings. The van der Waals surface area contributed by atoms with E-state index >= 15 is 0 Å². The van der Waals surface area contributed by atoms with Crippen LogP contribution < -0.4 is 0 Å². The summed E-state index contributed by atoms with van der Waals surface area (Å²) < 4.78 is 0. The summed E-state index contributed by atoms with van der Waals surface area (Å²) in [6.45, 7) is 7.10. The van der Waals surface area contributed by atoms with Gasteiger partial charge in [0.05, 0.1) is 0 Å². The van der Waals surface area contributed by atoms with E-state index in [1.54, 1.807) is 0 Å². The number of hydrogen-bond donors (Lipinski definition) is 0. The third kappa shape index (κ3) is 3.00. The lowest BCUT2D eigenvalue weighted by molar-refractivity contribution is 0.220. The van der Waals surface area contributed by atoms with Gasteiger partial charge in [0.1, 0.15) is 0 Å². The topological polar surface area (TPSA) is 0 Å². The molecule has 0 heterocycles. The normalized spacial score (nSPS) is 29.1. The lowest BCUT2D eigenvalue weighted by Crippen LogP contribution is -2.20. The summed E-state index contributed by atoms with van der Waals surface area (Å²) in [7, 11) is 0. The van der Waals surface area contributed by atoms with E-state index in [-0.39, 0.29) is 0 Å². The molecule has 1 aliphatic carbocycles. The average molecular weight is 166 g/mol. The molecular weight excluding hydrogens is 144 g/mol. The first-order chi connectivity index (χ1) is 5.61. The van der Waals surface area contributed by atoms with Crippen LogP contribution in [0.1, 0.15) is 52.9 Å². The van der Waals surface area contributed by atoms with Crippen molar-refractivity contribution in [1.29, 1.82) is 0 Å². The van der Waals surface area contributed by atoms with Crippen molar-refractivity contribution in [2.75, 3.05) is 0 Å². The highest BCUT2D eigenvalue weighted by Crippen LogP contribution is 2.34. The van der Waals surface area contributed by atoms with Gasteiger partial charge in [0.15, 0.2) is 0 Å². The zero-order chi connectivity index (χ0) is 9.03. The van der Waals surface area contributed by atoms with Gasteiger partial charge in [-0.25, -0.2) is 0 Å². The van der Waals surface area contributed by atoms with Gasteiger partial charge in [-0.3, -0.25) is 0 Å². The number of rotatable bonds is 0. The summed E-state index contributed by atoms with van der Waals surface area (Å²) in [4.78, 5) is 0. The van der Waals surface area contributed by atoms with Crippen molar-refractivity contribution < 1.29 is 0 Å². The minimum absolute atomic E-state index is 0.502. The molecule has 12 heavy (non-hydrogen) atoms. The smallest absolute Gasteiger partial charge is 0.0317 e. The van der Waals surface area contributed by atoms with Crippen LogP contribution in [-0.4, -0.2) is 0 Å². The Hall–Kier alpha value is -0.260. The van der Waals surface area contributed by atoms with Gasteiger partial charge in [-0.05, 0) is 37.0 Å². The molecule has 0 heteroatoms. The van der Waals surface area contributed by atoms with Gasteiger partial charge in [-0.2, -0.15) is 0 Å². The highest BCUT2D eigenvalue weighted by atomic mass is 14.3. The summed E-state index contributed by atoms with van der Waals surface area (Å²) in [5, 5.41) is 0. The molecule has 0 aliphatic heterocycles.